The fourth-order valence-electron chi connectivity index (χ4n) is 4.93. The SMILES string of the molecule is CCn1c(-c2ccccc2)nc(-c2cccc(Cl)c2)c1C(=O)NC1CCCCc2ccccc21. The zero-order valence-corrected chi connectivity index (χ0v) is 20.1. The topological polar surface area (TPSA) is 46.9 Å². The Morgan fingerprint density at radius 3 is 2.56 bits per heavy atom. The van der Waals surface area contributed by atoms with Crippen LogP contribution in [0.5, 0.6) is 0 Å². The van der Waals surface area contributed by atoms with E-state index < -0.39 is 0 Å². The highest BCUT2D eigenvalue weighted by Gasteiger charge is 2.27. The monoisotopic (exact) mass is 469 g/mol. The number of hydrogen-bond acceptors (Lipinski definition) is 2. The minimum atomic E-state index is -0.104. The van der Waals surface area contributed by atoms with Gasteiger partial charge in [-0.3, -0.25) is 4.79 Å². The van der Waals surface area contributed by atoms with Crippen LogP contribution in [-0.4, -0.2) is 15.5 Å². The zero-order chi connectivity index (χ0) is 23.5. The molecule has 1 aromatic heterocycles. The summed E-state index contributed by atoms with van der Waals surface area (Å²) in [4.78, 5) is 18.9. The van der Waals surface area contributed by atoms with Gasteiger partial charge < -0.3 is 9.88 Å². The standard InChI is InChI=1S/C29H28ClN3O/c1-2-33-27(29(34)31-25-18-9-7-12-20-11-6-8-17-24(20)25)26(22-15-10-16-23(30)19-22)32-28(33)21-13-4-3-5-14-21/h3-6,8,10-11,13-17,19,25H,2,7,9,12,18H2,1H3,(H,31,34). The molecule has 4 aromatic rings. The molecule has 4 nitrogen and oxygen atoms in total. The molecule has 0 fully saturated rings. The van der Waals surface area contributed by atoms with E-state index in [0.29, 0.717) is 23.0 Å². The fraction of sp³-hybridized carbons (Fsp3) is 0.241. The molecular weight excluding hydrogens is 442 g/mol. The van der Waals surface area contributed by atoms with Gasteiger partial charge in [0.1, 0.15) is 17.2 Å². The van der Waals surface area contributed by atoms with Crippen LogP contribution in [0.4, 0.5) is 0 Å². The first-order valence-corrected chi connectivity index (χ1v) is 12.3. The quantitative estimate of drug-likeness (QED) is 0.317. The normalized spacial score (nSPS) is 15.4. The summed E-state index contributed by atoms with van der Waals surface area (Å²) in [7, 11) is 0. The second-order valence-corrected chi connectivity index (χ2v) is 9.16. The number of nitrogens with zero attached hydrogens (tertiary/aromatic N) is 2. The van der Waals surface area contributed by atoms with Crippen LogP contribution in [0.25, 0.3) is 22.6 Å². The highest BCUT2D eigenvalue weighted by molar-refractivity contribution is 6.30. The Morgan fingerprint density at radius 2 is 1.76 bits per heavy atom. The second-order valence-electron chi connectivity index (χ2n) is 8.72. The Bertz CT molecular complexity index is 1310. The molecule has 3 aromatic carbocycles. The highest BCUT2D eigenvalue weighted by Crippen LogP contribution is 2.33. The molecule has 1 N–H and O–H groups in total. The van der Waals surface area contributed by atoms with Crippen molar-refractivity contribution in [2.24, 2.45) is 0 Å². The predicted octanol–water partition coefficient (Wildman–Crippen LogP) is 7.09. The minimum Gasteiger partial charge on any atom is -0.344 e. The summed E-state index contributed by atoms with van der Waals surface area (Å²) in [6.45, 7) is 2.68. The fourth-order valence-corrected chi connectivity index (χ4v) is 5.12. The van der Waals surface area contributed by atoms with Gasteiger partial charge in [0.2, 0.25) is 0 Å². The largest absolute Gasteiger partial charge is 0.344 e. The molecule has 1 unspecified atom stereocenters. The first-order valence-electron chi connectivity index (χ1n) is 12.0. The average molecular weight is 470 g/mol. The van der Waals surface area contributed by atoms with E-state index in [4.69, 9.17) is 16.6 Å². The molecule has 1 aliphatic carbocycles. The van der Waals surface area contributed by atoms with Crippen molar-refractivity contribution in [3.05, 3.63) is 101 Å². The highest BCUT2D eigenvalue weighted by atomic mass is 35.5. The van der Waals surface area contributed by atoms with Crippen LogP contribution >= 0.6 is 11.6 Å². The summed E-state index contributed by atoms with van der Waals surface area (Å²) < 4.78 is 2.02. The van der Waals surface area contributed by atoms with Crippen LogP contribution in [0.2, 0.25) is 5.02 Å². The van der Waals surface area contributed by atoms with E-state index in [1.807, 2.05) is 66.1 Å². The van der Waals surface area contributed by atoms with Gasteiger partial charge in [0.25, 0.3) is 5.91 Å². The van der Waals surface area contributed by atoms with Crippen molar-refractivity contribution in [3.8, 4) is 22.6 Å². The second kappa shape index (κ2) is 9.86. The summed E-state index contributed by atoms with van der Waals surface area (Å²) in [6.07, 6.45) is 4.22. The van der Waals surface area contributed by atoms with Gasteiger partial charge in [-0.1, -0.05) is 84.8 Å². The third-order valence-electron chi connectivity index (χ3n) is 6.55. The van der Waals surface area contributed by atoms with E-state index in [2.05, 4.69) is 29.6 Å². The third kappa shape index (κ3) is 4.38. The number of carbonyl (C=O) groups is 1. The number of imidazole rings is 1. The first kappa shape index (κ1) is 22.4. The minimum absolute atomic E-state index is 0.0150. The molecule has 0 radical (unpaired) electrons. The molecule has 0 saturated carbocycles. The molecule has 172 valence electrons. The molecule has 0 saturated heterocycles. The Labute approximate surface area is 205 Å². The number of carbonyl (C=O) groups excluding carboxylic acids is 1. The molecular formula is C29H28ClN3O. The lowest BCUT2D eigenvalue weighted by Crippen LogP contribution is -2.31. The Kier molecular flexibility index (Phi) is 6.50. The summed E-state index contributed by atoms with van der Waals surface area (Å²) in [5.74, 6) is 0.678. The van der Waals surface area contributed by atoms with Crippen molar-refractivity contribution >= 4 is 17.5 Å². The molecule has 1 heterocycles. The molecule has 0 bridgehead atoms. The van der Waals surface area contributed by atoms with Gasteiger partial charge in [0, 0.05) is 22.7 Å². The van der Waals surface area contributed by atoms with Gasteiger partial charge in [-0.2, -0.15) is 0 Å². The maximum Gasteiger partial charge on any atom is 0.270 e. The smallest absolute Gasteiger partial charge is 0.270 e. The maximum atomic E-state index is 13.9. The molecule has 1 aliphatic rings. The molecule has 34 heavy (non-hydrogen) atoms. The number of amides is 1. The van der Waals surface area contributed by atoms with Gasteiger partial charge in [0.15, 0.2) is 0 Å². The number of nitrogens with one attached hydrogen (secondary N) is 1. The zero-order valence-electron chi connectivity index (χ0n) is 19.3. The van der Waals surface area contributed by atoms with Crippen molar-refractivity contribution in [3.63, 3.8) is 0 Å². The number of hydrogen-bond donors (Lipinski definition) is 1. The van der Waals surface area contributed by atoms with Crippen LogP contribution in [0.3, 0.4) is 0 Å². The summed E-state index contributed by atoms with van der Waals surface area (Å²) in [5.41, 5.74) is 5.60. The molecule has 0 aliphatic heterocycles. The summed E-state index contributed by atoms with van der Waals surface area (Å²) in [6, 6.07) is 26.0. The molecule has 1 amide bonds. The number of fused-ring (bicyclic) bond motifs is 1. The van der Waals surface area contributed by atoms with Crippen molar-refractivity contribution in [1.29, 1.82) is 0 Å². The Morgan fingerprint density at radius 1 is 1.00 bits per heavy atom. The number of aryl methyl sites for hydroxylation is 1. The van der Waals surface area contributed by atoms with Gasteiger partial charge in [-0.05, 0) is 49.4 Å². The average Bonchev–Trinajstić information content (AvgIpc) is 3.15. The number of aromatic nitrogens is 2. The van der Waals surface area contributed by atoms with Crippen LogP contribution < -0.4 is 5.32 Å². The lowest BCUT2D eigenvalue weighted by Gasteiger charge is -2.20. The van der Waals surface area contributed by atoms with E-state index in [1.54, 1.807) is 0 Å². The van der Waals surface area contributed by atoms with E-state index in [1.165, 1.54) is 11.1 Å². The lowest BCUT2D eigenvalue weighted by molar-refractivity contribution is 0.0926. The molecule has 5 rings (SSSR count). The van der Waals surface area contributed by atoms with Gasteiger partial charge in [0.05, 0.1) is 6.04 Å². The number of benzene rings is 3. The van der Waals surface area contributed by atoms with Crippen LogP contribution in [0.1, 0.15) is 53.8 Å². The van der Waals surface area contributed by atoms with Gasteiger partial charge >= 0.3 is 0 Å². The van der Waals surface area contributed by atoms with Crippen LogP contribution in [-0.2, 0) is 13.0 Å². The van der Waals surface area contributed by atoms with E-state index in [-0.39, 0.29) is 11.9 Å². The van der Waals surface area contributed by atoms with Crippen molar-refractivity contribution in [1.82, 2.24) is 14.9 Å². The maximum absolute atomic E-state index is 13.9. The Balaban J connectivity index is 1.61. The molecule has 1 atom stereocenters. The van der Waals surface area contributed by atoms with Crippen molar-refractivity contribution in [2.75, 3.05) is 0 Å². The van der Waals surface area contributed by atoms with Crippen LogP contribution in [0, 0.1) is 0 Å². The predicted molar refractivity (Wildman–Crippen MR) is 138 cm³/mol. The van der Waals surface area contributed by atoms with Gasteiger partial charge in [-0.15, -0.1) is 0 Å². The van der Waals surface area contributed by atoms with E-state index in [0.717, 1.165) is 42.6 Å². The third-order valence-corrected chi connectivity index (χ3v) is 6.79. The van der Waals surface area contributed by atoms with Crippen LogP contribution in [0.15, 0.2) is 78.9 Å². The van der Waals surface area contributed by atoms with Crippen molar-refractivity contribution < 1.29 is 4.79 Å². The molecule has 0 spiro atoms. The van der Waals surface area contributed by atoms with Gasteiger partial charge in [-0.25, -0.2) is 4.98 Å². The summed E-state index contributed by atoms with van der Waals surface area (Å²) in [5, 5.41) is 3.98. The lowest BCUT2D eigenvalue weighted by atomic mass is 9.99. The van der Waals surface area contributed by atoms with Crippen molar-refractivity contribution in [2.45, 2.75) is 45.2 Å². The summed E-state index contributed by atoms with van der Waals surface area (Å²) >= 11 is 6.32. The first-order chi connectivity index (χ1) is 16.7. The number of halogens is 1. The molecule has 5 heteroatoms. The van der Waals surface area contributed by atoms with E-state index >= 15 is 0 Å². The van der Waals surface area contributed by atoms with E-state index in [9.17, 15) is 4.79 Å². The number of rotatable bonds is 5. The Hall–Kier alpha value is -3.37.